The van der Waals surface area contributed by atoms with Crippen LogP contribution in [0.15, 0.2) is 21.5 Å². The van der Waals surface area contributed by atoms with E-state index in [0.717, 1.165) is 6.07 Å². The van der Waals surface area contributed by atoms with E-state index >= 15 is 0 Å². The lowest BCUT2D eigenvalue weighted by atomic mass is 10.2. The number of hydrogen-bond acceptors (Lipinski definition) is 2. The third-order valence-electron chi connectivity index (χ3n) is 1.55. The molecular formula is C7H5BrF2O2S. The molecule has 0 radical (unpaired) electrons. The molecule has 13 heavy (non-hydrogen) atoms. The topological polar surface area (TPSA) is 34.1 Å². The first-order valence-electron chi connectivity index (χ1n) is 3.23. The minimum absolute atomic E-state index is 0.0683. The number of hydrogen-bond donors (Lipinski definition) is 0. The average molecular weight is 271 g/mol. The fraction of sp³-hybridized carbons (Fsp3) is 0.143. The van der Waals surface area contributed by atoms with Crippen molar-refractivity contribution in [3.63, 3.8) is 0 Å². The Bertz CT molecular complexity index is 442. The molecule has 1 aromatic carbocycles. The van der Waals surface area contributed by atoms with Crippen LogP contribution in [0.5, 0.6) is 0 Å². The summed E-state index contributed by atoms with van der Waals surface area (Å²) in [6.45, 7) is 1.36. The Kier molecular flexibility index (Phi) is 2.72. The zero-order chi connectivity index (χ0) is 10.2. The molecule has 1 aromatic rings. The molecule has 1 rings (SSSR count). The van der Waals surface area contributed by atoms with Gasteiger partial charge in [0, 0.05) is 10.0 Å². The van der Waals surface area contributed by atoms with Gasteiger partial charge in [0.05, 0.1) is 0 Å². The fourth-order valence-electron chi connectivity index (χ4n) is 0.825. The fourth-order valence-corrected chi connectivity index (χ4v) is 1.73. The SMILES string of the molecule is Cc1c(Br)ccc(S(=O)(=O)F)c1F. The van der Waals surface area contributed by atoms with Gasteiger partial charge in [-0.2, -0.15) is 8.42 Å². The zero-order valence-corrected chi connectivity index (χ0v) is 8.92. The zero-order valence-electron chi connectivity index (χ0n) is 6.51. The van der Waals surface area contributed by atoms with Gasteiger partial charge in [0.2, 0.25) is 0 Å². The van der Waals surface area contributed by atoms with Crippen LogP contribution in [0, 0.1) is 12.7 Å². The lowest BCUT2D eigenvalue weighted by Gasteiger charge is -2.02. The minimum atomic E-state index is -4.97. The third-order valence-corrected chi connectivity index (χ3v) is 3.25. The van der Waals surface area contributed by atoms with Crippen LogP contribution < -0.4 is 0 Å². The molecule has 0 aliphatic carbocycles. The molecule has 6 heteroatoms. The van der Waals surface area contributed by atoms with Crippen LogP contribution in [0.2, 0.25) is 0 Å². The first-order valence-corrected chi connectivity index (χ1v) is 5.41. The number of rotatable bonds is 1. The van der Waals surface area contributed by atoms with Crippen molar-refractivity contribution >= 4 is 26.2 Å². The van der Waals surface area contributed by atoms with Gasteiger partial charge in [0.25, 0.3) is 0 Å². The normalized spacial score (nSPS) is 11.7. The van der Waals surface area contributed by atoms with Crippen LogP contribution in [0.1, 0.15) is 5.56 Å². The summed E-state index contributed by atoms with van der Waals surface area (Å²) in [6, 6.07) is 2.16. The second-order valence-electron chi connectivity index (χ2n) is 2.42. The van der Waals surface area contributed by atoms with Crippen molar-refractivity contribution in [2.24, 2.45) is 0 Å². The number of benzene rings is 1. The highest BCUT2D eigenvalue weighted by atomic mass is 79.9. The van der Waals surface area contributed by atoms with E-state index in [0.29, 0.717) is 4.47 Å². The van der Waals surface area contributed by atoms with E-state index < -0.39 is 20.9 Å². The Balaban J connectivity index is 3.53. The maximum Gasteiger partial charge on any atom is 0.335 e. The Hall–Kier alpha value is -0.490. The summed E-state index contributed by atoms with van der Waals surface area (Å²) in [5.41, 5.74) is 0.0683. The van der Waals surface area contributed by atoms with Crippen molar-refractivity contribution in [3.05, 3.63) is 28.0 Å². The lowest BCUT2D eigenvalue weighted by Crippen LogP contribution is -1.98. The van der Waals surface area contributed by atoms with E-state index in [1.54, 1.807) is 0 Å². The van der Waals surface area contributed by atoms with E-state index in [1.807, 2.05) is 0 Å². The molecule has 0 heterocycles. The van der Waals surface area contributed by atoms with Crippen molar-refractivity contribution in [3.8, 4) is 0 Å². The van der Waals surface area contributed by atoms with Gasteiger partial charge in [-0.05, 0) is 19.1 Å². The van der Waals surface area contributed by atoms with Crippen LogP contribution in [-0.2, 0) is 10.2 Å². The molecule has 2 nitrogen and oxygen atoms in total. The van der Waals surface area contributed by atoms with Crippen LogP contribution >= 0.6 is 15.9 Å². The largest absolute Gasteiger partial charge is 0.335 e. The molecule has 0 aromatic heterocycles. The van der Waals surface area contributed by atoms with Crippen LogP contribution in [0.25, 0.3) is 0 Å². The monoisotopic (exact) mass is 270 g/mol. The Labute approximate surface area is 82.9 Å². The summed E-state index contributed by atoms with van der Waals surface area (Å²) in [6.07, 6.45) is 0. The predicted molar refractivity (Wildman–Crippen MR) is 47.1 cm³/mol. The van der Waals surface area contributed by atoms with Gasteiger partial charge in [-0.3, -0.25) is 0 Å². The second kappa shape index (κ2) is 3.34. The van der Waals surface area contributed by atoms with E-state index in [-0.39, 0.29) is 5.56 Å². The van der Waals surface area contributed by atoms with Crippen molar-refractivity contribution in [1.82, 2.24) is 0 Å². The van der Waals surface area contributed by atoms with Gasteiger partial charge in [0.15, 0.2) is 0 Å². The van der Waals surface area contributed by atoms with Crippen LogP contribution in [0.4, 0.5) is 8.28 Å². The average Bonchev–Trinajstić information content (AvgIpc) is 1.98. The van der Waals surface area contributed by atoms with E-state index in [2.05, 4.69) is 15.9 Å². The Morgan fingerprint density at radius 1 is 1.38 bits per heavy atom. The van der Waals surface area contributed by atoms with Gasteiger partial charge < -0.3 is 0 Å². The maximum atomic E-state index is 13.1. The van der Waals surface area contributed by atoms with Gasteiger partial charge in [-0.25, -0.2) is 4.39 Å². The molecule has 0 aliphatic rings. The van der Waals surface area contributed by atoms with Gasteiger partial charge in [0.1, 0.15) is 10.7 Å². The first-order chi connectivity index (χ1) is 5.84. The molecule has 72 valence electrons. The predicted octanol–water partition coefficient (Wildman–Crippen LogP) is 2.55. The highest BCUT2D eigenvalue weighted by Crippen LogP contribution is 2.25. The summed E-state index contributed by atoms with van der Waals surface area (Å²) in [4.78, 5) is -0.923. The summed E-state index contributed by atoms with van der Waals surface area (Å²) in [7, 11) is -4.97. The molecule has 0 atom stereocenters. The summed E-state index contributed by atoms with van der Waals surface area (Å²) in [5, 5.41) is 0. The van der Waals surface area contributed by atoms with Gasteiger partial charge in [-0.15, -0.1) is 3.89 Å². The molecule has 0 saturated carbocycles. The van der Waals surface area contributed by atoms with E-state index in [1.165, 1.54) is 13.0 Å². The molecule has 0 aliphatic heterocycles. The molecule has 0 amide bonds. The van der Waals surface area contributed by atoms with E-state index in [4.69, 9.17) is 0 Å². The Morgan fingerprint density at radius 2 is 1.92 bits per heavy atom. The van der Waals surface area contributed by atoms with Crippen LogP contribution in [0.3, 0.4) is 0 Å². The standard InChI is InChI=1S/C7H5BrF2O2S/c1-4-5(8)2-3-6(7(4)9)13(10,11)12/h2-3H,1H3. The molecule has 0 saturated heterocycles. The first kappa shape index (κ1) is 10.6. The molecule has 0 unspecified atom stereocenters. The maximum absolute atomic E-state index is 13.1. The van der Waals surface area contributed by atoms with Gasteiger partial charge >= 0.3 is 10.2 Å². The molecule has 0 N–H and O–H groups in total. The Morgan fingerprint density at radius 3 is 2.38 bits per heavy atom. The van der Waals surface area contributed by atoms with Crippen LogP contribution in [-0.4, -0.2) is 8.42 Å². The number of halogens is 3. The van der Waals surface area contributed by atoms with Gasteiger partial charge in [-0.1, -0.05) is 15.9 Å². The quantitative estimate of drug-likeness (QED) is 0.735. The molecule has 0 fully saturated rings. The lowest BCUT2D eigenvalue weighted by molar-refractivity contribution is 0.530. The highest BCUT2D eigenvalue weighted by Gasteiger charge is 2.19. The molecule has 0 spiro atoms. The van der Waals surface area contributed by atoms with Crippen molar-refractivity contribution in [1.29, 1.82) is 0 Å². The third kappa shape index (κ3) is 2.05. The summed E-state index contributed by atoms with van der Waals surface area (Å²) in [5.74, 6) is -1.06. The summed E-state index contributed by atoms with van der Waals surface area (Å²) >= 11 is 2.99. The van der Waals surface area contributed by atoms with E-state index in [9.17, 15) is 16.7 Å². The van der Waals surface area contributed by atoms with Crippen molar-refractivity contribution in [2.75, 3.05) is 0 Å². The minimum Gasteiger partial charge on any atom is -0.205 e. The van der Waals surface area contributed by atoms with Crippen molar-refractivity contribution in [2.45, 2.75) is 11.8 Å². The highest BCUT2D eigenvalue weighted by molar-refractivity contribution is 9.10. The smallest absolute Gasteiger partial charge is 0.205 e. The summed E-state index contributed by atoms with van der Waals surface area (Å²) < 4.78 is 46.7. The molecular weight excluding hydrogens is 266 g/mol. The molecule has 0 bridgehead atoms. The second-order valence-corrected chi connectivity index (χ2v) is 4.59. The van der Waals surface area contributed by atoms with Crippen molar-refractivity contribution < 1.29 is 16.7 Å².